The Bertz CT molecular complexity index is 480. The topological polar surface area (TPSA) is 9.23 Å². The zero-order valence-corrected chi connectivity index (χ0v) is 9.36. The summed E-state index contributed by atoms with van der Waals surface area (Å²) in [6.45, 7) is 0.883. The molecule has 0 bridgehead atoms. The highest BCUT2D eigenvalue weighted by molar-refractivity contribution is 5.88. The average molecular weight is 212 g/mol. The molecule has 2 aromatic carbocycles. The summed E-state index contributed by atoms with van der Waals surface area (Å²) < 4.78 is 5.92. The molecule has 0 amide bonds. The molecule has 0 aromatic heterocycles. The quantitative estimate of drug-likeness (QED) is 0.746. The predicted molar refractivity (Wildman–Crippen MR) is 66.8 cm³/mol. The lowest BCUT2D eigenvalue weighted by Gasteiger charge is -2.25. The van der Waals surface area contributed by atoms with Crippen LogP contribution in [0.15, 0.2) is 42.5 Å². The SMILES string of the molecule is c1ccc2c(OCC3CCC3)cccc2c1. The van der Waals surface area contributed by atoms with Crippen molar-refractivity contribution in [2.24, 2.45) is 5.92 Å². The van der Waals surface area contributed by atoms with Crippen molar-refractivity contribution in [3.63, 3.8) is 0 Å². The summed E-state index contributed by atoms with van der Waals surface area (Å²) in [6, 6.07) is 14.7. The number of benzene rings is 2. The van der Waals surface area contributed by atoms with Gasteiger partial charge in [-0.15, -0.1) is 0 Å². The third kappa shape index (κ3) is 1.78. The number of hydrogen-bond acceptors (Lipinski definition) is 1. The van der Waals surface area contributed by atoms with Crippen LogP contribution in [-0.2, 0) is 0 Å². The van der Waals surface area contributed by atoms with Gasteiger partial charge in [0.15, 0.2) is 0 Å². The van der Waals surface area contributed by atoms with Crippen molar-refractivity contribution in [1.82, 2.24) is 0 Å². The van der Waals surface area contributed by atoms with E-state index in [1.165, 1.54) is 30.0 Å². The number of hydrogen-bond donors (Lipinski definition) is 0. The van der Waals surface area contributed by atoms with Crippen LogP contribution in [0.25, 0.3) is 10.8 Å². The molecule has 0 atom stereocenters. The second kappa shape index (κ2) is 4.17. The Balaban J connectivity index is 1.84. The molecule has 1 saturated carbocycles. The van der Waals surface area contributed by atoms with Crippen molar-refractivity contribution < 1.29 is 4.74 Å². The standard InChI is InChI=1S/C15H16O/c1-2-9-14-13(7-1)8-4-10-15(14)16-11-12-5-3-6-12/h1-2,4,7-10,12H,3,5-6,11H2. The van der Waals surface area contributed by atoms with Gasteiger partial charge in [-0.1, -0.05) is 42.8 Å². The molecule has 0 radical (unpaired) electrons. The first-order chi connectivity index (χ1) is 7.93. The van der Waals surface area contributed by atoms with Gasteiger partial charge in [0.25, 0.3) is 0 Å². The molecule has 0 unspecified atom stereocenters. The highest BCUT2D eigenvalue weighted by atomic mass is 16.5. The largest absolute Gasteiger partial charge is 0.493 e. The van der Waals surface area contributed by atoms with Gasteiger partial charge in [0.05, 0.1) is 6.61 Å². The van der Waals surface area contributed by atoms with E-state index >= 15 is 0 Å². The number of ether oxygens (including phenoxy) is 1. The summed E-state index contributed by atoms with van der Waals surface area (Å²) in [5, 5.41) is 2.48. The van der Waals surface area contributed by atoms with E-state index in [4.69, 9.17) is 4.74 Å². The molecule has 0 heterocycles. The second-order valence-electron chi connectivity index (χ2n) is 4.59. The highest BCUT2D eigenvalue weighted by Gasteiger charge is 2.18. The van der Waals surface area contributed by atoms with Crippen molar-refractivity contribution in [3.8, 4) is 5.75 Å². The Kier molecular flexibility index (Phi) is 2.53. The van der Waals surface area contributed by atoms with Gasteiger partial charge in [0, 0.05) is 5.39 Å². The van der Waals surface area contributed by atoms with Crippen molar-refractivity contribution in [1.29, 1.82) is 0 Å². The summed E-state index contributed by atoms with van der Waals surface area (Å²) in [5.74, 6) is 1.82. The van der Waals surface area contributed by atoms with Crippen LogP contribution in [-0.4, -0.2) is 6.61 Å². The van der Waals surface area contributed by atoms with Crippen molar-refractivity contribution in [3.05, 3.63) is 42.5 Å². The fourth-order valence-corrected chi connectivity index (χ4v) is 2.19. The first-order valence-corrected chi connectivity index (χ1v) is 6.04. The third-order valence-corrected chi connectivity index (χ3v) is 3.45. The zero-order chi connectivity index (χ0) is 10.8. The van der Waals surface area contributed by atoms with E-state index in [9.17, 15) is 0 Å². The first kappa shape index (κ1) is 9.71. The minimum Gasteiger partial charge on any atom is -0.493 e. The first-order valence-electron chi connectivity index (χ1n) is 6.04. The van der Waals surface area contributed by atoms with Crippen LogP contribution in [0.4, 0.5) is 0 Å². The van der Waals surface area contributed by atoms with E-state index in [1.807, 2.05) is 0 Å². The van der Waals surface area contributed by atoms with Gasteiger partial charge in [-0.2, -0.15) is 0 Å². The Morgan fingerprint density at radius 3 is 2.62 bits per heavy atom. The summed E-state index contributed by atoms with van der Waals surface area (Å²) in [6.07, 6.45) is 4.05. The maximum Gasteiger partial charge on any atom is 0.127 e. The van der Waals surface area contributed by atoms with Crippen LogP contribution >= 0.6 is 0 Å². The Labute approximate surface area is 96.0 Å². The van der Waals surface area contributed by atoms with E-state index < -0.39 is 0 Å². The summed E-state index contributed by atoms with van der Waals surface area (Å²) >= 11 is 0. The molecular weight excluding hydrogens is 196 g/mol. The van der Waals surface area contributed by atoms with Crippen molar-refractivity contribution in [2.75, 3.05) is 6.61 Å². The summed E-state index contributed by atoms with van der Waals surface area (Å²) in [7, 11) is 0. The van der Waals surface area contributed by atoms with Gasteiger partial charge in [0.2, 0.25) is 0 Å². The Morgan fingerprint density at radius 1 is 1.00 bits per heavy atom. The van der Waals surface area contributed by atoms with E-state index in [0.717, 1.165) is 18.3 Å². The zero-order valence-electron chi connectivity index (χ0n) is 9.36. The number of fused-ring (bicyclic) bond motifs is 1. The molecule has 16 heavy (non-hydrogen) atoms. The molecule has 0 aliphatic heterocycles. The molecule has 1 fully saturated rings. The van der Waals surface area contributed by atoms with Gasteiger partial charge < -0.3 is 4.74 Å². The summed E-state index contributed by atoms with van der Waals surface area (Å²) in [5.41, 5.74) is 0. The molecule has 2 aromatic rings. The molecule has 0 N–H and O–H groups in total. The smallest absolute Gasteiger partial charge is 0.127 e. The van der Waals surface area contributed by atoms with Gasteiger partial charge in [-0.25, -0.2) is 0 Å². The molecule has 0 spiro atoms. The van der Waals surface area contributed by atoms with Crippen molar-refractivity contribution in [2.45, 2.75) is 19.3 Å². The maximum absolute atomic E-state index is 5.92. The third-order valence-electron chi connectivity index (χ3n) is 3.45. The van der Waals surface area contributed by atoms with Gasteiger partial charge in [-0.3, -0.25) is 0 Å². The van der Waals surface area contributed by atoms with Crippen LogP contribution in [0.3, 0.4) is 0 Å². The lowest BCUT2D eigenvalue weighted by atomic mass is 9.86. The van der Waals surface area contributed by atoms with Crippen LogP contribution in [0, 0.1) is 5.92 Å². The van der Waals surface area contributed by atoms with Gasteiger partial charge in [0.1, 0.15) is 5.75 Å². The van der Waals surface area contributed by atoms with Crippen LogP contribution in [0.2, 0.25) is 0 Å². The molecule has 82 valence electrons. The van der Waals surface area contributed by atoms with E-state index in [0.29, 0.717) is 0 Å². The molecule has 1 aliphatic carbocycles. The van der Waals surface area contributed by atoms with Crippen LogP contribution < -0.4 is 4.74 Å². The second-order valence-corrected chi connectivity index (χ2v) is 4.59. The average Bonchev–Trinajstić information content (AvgIpc) is 2.27. The summed E-state index contributed by atoms with van der Waals surface area (Å²) in [4.78, 5) is 0. The fourth-order valence-electron chi connectivity index (χ4n) is 2.19. The Hall–Kier alpha value is -1.50. The van der Waals surface area contributed by atoms with Crippen molar-refractivity contribution >= 4 is 10.8 Å². The number of rotatable bonds is 3. The van der Waals surface area contributed by atoms with Gasteiger partial charge in [-0.05, 0) is 30.2 Å². The Morgan fingerprint density at radius 2 is 1.81 bits per heavy atom. The minimum absolute atomic E-state index is 0.791. The molecule has 1 heteroatoms. The normalized spacial score (nSPS) is 16.0. The van der Waals surface area contributed by atoms with Gasteiger partial charge >= 0.3 is 0 Å². The maximum atomic E-state index is 5.92. The van der Waals surface area contributed by atoms with E-state index in [-0.39, 0.29) is 0 Å². The minimum atomic E-state index is 0.791. The van der Waals surface area contributed by atoms with Crippen LogP contribution in [0.1, 0.15) is 19.3 Å². The molecular formula is C15H16O. The van der Waals surface area contributed by atoms with Crippen LogP contribution in [0.5, 0.6) is 5.75 Å². The lowest BCUT2D eigenvalue weighted by Crippen LogP contribution is -2.19. The highest BCUT2D eigenvalue weighted by Crippen LogP contribution is 2.29. The monoisotopic (exact) mass is 212 g/mol. The molecule has 0 saturated heterocycles. The fraction of sp³-hybridized carbons (Fsp3) is 0.333. The van der Waals surface area contributed by atoms with E-state index in [1.54, 1.807) is 0 Å². The lowest BCUT2D eigenvalue weighted by molar-refractivity contribution is 0.182. The molecule has 1 aliphatic rings. The predicted octanol–water partition coefficient (Wildman–Crippen LogP) is 4.02. The molecule has 3 rings (SSSR count). The van der Waals surface area contributed by atoms with E-state index in [2.05, 4.69) is 42.5 Å². The molecule has 1 nitrogen and oxygen atoms in total.